The molecule has 2 aliphatic carbocycles. The van der Waals surface area contributed by atoms with Crippen LogP contribution >= 0.6 is 0 Å². The first kappa shape index (κ1) is 22.0. The molecule has 0 unspecified atom stereocenters. The van der Waals surface area contributed by atoms with Crippen LogP contribution in [0.15, 0.2) is 28.0 Å². The number of sulfonamides is 1. The second-order valence-corrected chi connectivity index (χ2v) is 10.0. The zero-order valence-corrected chi connectivity index (χ0v) is 18.4. The highest BCUT2D eigenvalue weighted by molar-refractivity contribution is 7.89. The molecule has 162 valence electrons. The molecular formula is C21H33N3O4S. The molecule has 0 spiro atoms. The van der Waals surface area contributed by atoms with E-state index in [2.05, 4.69) is 0 Å². The molecule has 0 bridgehead atoms. The summed E-state index contributed by atoms with van der Waals surface area (Å²) in [5.41, 5.74) is -0.352. The Labute approximate surface area is 173 Å². The lowest BCUT2D eigenvalue weighted by Crippen LogP contribution is -2.47. The maximum atomic E-state index is 13.3. The van der Waals surface area contributed by atoms with E-state index in [0.29, 0.717) is 13.1 Å². The van der Waals surface area contributed by atoms with Crippen LogP contribution in [0.25, 0.3) is 0 Å². The van der Waals surface area contributed by atoms with Crippen LogP contribution in [0, 0.1) is 0 Å². The number of carbonyl (C=O) groups excluding carboxylic acids is 1. The number of aromatic nitrogens is 1. The van der Waals surface area contributed by atoms with E-state index in [0.717, 1.165) is 51.4 Å². The highest BCUT2D eigenvalue weighted by Gasteiger charge is 2.34. The average molecular weight is 424 g/mol. The van der Waals surface area contributed by atoms with Crippen LogP contribution in [0.4, 0.5) is 0 Å². The lowest BCUT2D eigenvalue weighted by molar-refractivity contribution is -0.136. The molecule has 2 saturated carbocycles. The third kappa shape index (κ3) is 4.74. The summed E-state index contributed by atoms with van der Waals surface area (Å²) in [5, 5.41) is 0. The van der Waals surface area contributed by atoms with E-state index in [1.54, 1.807) is 13.8 Å². The van der Waals surface area contributed by atoms with Crippen molar-refractivity contribution in [2.75, 3.05) is 13.1 Å². The third-order valence-corrected chi connectivity index (χ3v) is 8.36. The molecule has 29 heavy (non-hydrogen) atoms. The Morgan fingerprint density at radius 2 is 1.52 bits per heavy atom. The van der Waals surface area contributed by atoms with Gasteiger partial charge in [-0.25, -0.2) is 8.42 Å². The van der Waals surface area contributed by atoms with E-state index in [-0.39, 0.29) is 35.0 Å². The Morgan fingerprint density at radius 1 is 1.00 bits per heavy atom. The van der Waals surface area contributed by atoms with Crippen molar-refractivity contribution in [1.29, 1.82) is 0 Å². The highest BCUT2D eigenvalue weighted by atomic mass is 32.2. The second kappa shape index (κ2) is 9.43. The normalized spacial score (nSPS) is 18.6. The molecule has 7 nitrogen and oxygen atoms in total. The minimum atomic E-state index is -3.68. The lowest BCUT2D eigenvalue weighted by Gasteiger charge is -2.35. The average Bonchev–Trinajstić information content (AvgIpc) is 3.39. The topological polar surface area (TPSA) is 79.7 Å². The first-order valence-corrected chi connectivity index (χ1v) is 12.3. The summed E-state index contributed by atoms with van der Waals surface area (Å²) in [6.07, 6.45) is 9.96. The van der Waals surface area contributed by atoms with E-state index >= 15 is 0 Å². The van der Waals surface area contributed by atoms with Crippen molar-refractivity contribution >= 4 is 15.9 Å². The van der Waals surface area contributed by atoms with Gasteiger partial charge in [-0.2, -0.15) is 4.31 Å². The first-order chi connectivity index (χ1) is 13.9. The SMILES string of the molecule is CCN(CC)S(=O)(=O)c1ccc(=O)n(CC(=O)N(C2CCCC2)C2CCCC2)c1. The van der Waals surface area contributed by atoms with Crippen LogP contribution in [0.5, 0.6) is 0 Å². The lowest BCUT2D eigenvalue weighted by atomic mass is 10.1. The highest BCUT2D eigenvalue weighted by Crippen LogP contribution is 2.31. The van der Waals surface area contributed by atoms with Gasteiger partial charge in [0.15, 0.2) is 0 Å². The monoisotopic (exact) mass is 423 g/mol. The third-order valence-electron chi connectivity index (χ3n) is 6.33. The second-order valence-electron chi connectivity index (χ2n) is 8.10. The Bertz CT molecular complexity index is 848. The largest absolute Gasteiger partial charge is 0.335 e. The molecule has 2 aliphatic rings. The smallest absolute Gasteiger partial charge is 0.251 e. The molecule has 2 fully saturated rings. The minimum Gasteiger partial charge on any atom is -0.335 e. The number of carbonyl (C=O) groups is 1. The number of nitrogens with zero attached hydrogens (tertiary/aromatic N) is 3. The molecule has 0 aliphatic heterocycles. The van der Waals surface area contributed by atoms with Gasteiger partial charge in [0.1, 0.15) is 6.54 Å². The van der Waals surface area contributed by atoms with Gasteiger partial charge < -0.3 is 9.47 Å². The number of rotatable bonds is 8. The van der Waals surface area contributed by atoms with Crippen LogP contribution in [-0.2, 0) is 21.4 Å². The van der Waals surface area contributed by atoms with Gasteiger partial charge in [0.05, 0.1) is 4.90 Å². The molecule has 0 radical (unpaired) electrons. The van der Waals surface area contributed by atoms with Gasteiger partial charge in [0.2, 0.25) is 15.9 Å². The molecule has 8 heteroatoms. The fourth-order valence-electron chi connectivity index (χ4n) is 4.80. The zero-order valence-electron chi connectivity index (χ0n) is 17.5. The van der Waals surface area contributed by atoms with Crippen LogP contribution < -0.4 is 5.56 Å². The molecule has 3 rings (SSSR count). The number of hydrogen-bond acceptors (Lipinski definition) is 4. The van der Waals surface area contributed by atoms with Gasteiger partial charge in [-0.15, -0.1) is 0 Å². The van der Waals surface area contributed by atoms with Gasteiger partial charge >= 0.3 is 0 Å². The van der Waals surface area contributed by atoms with E-state index in [1.807, 2.05) is 4.90 Å². The fourth-order valence-corrected chi connectivity index (χ4v) is 6.27. The van der Waals surface area contributed by atoms with Crippen LogP contribution in [0.1, 0.15) is 65.2 Å². The number of hydrogen-bond donors (Lipinski definition) is 0. The Kier molecular flexibility index (Phi) is 7.16. The molecule has 1 aromatic rings. The Hall–Kier alpha value is -1.67. The molecule has 1 aromatic heterocycles. The summed E-state index contributed by atoms with van der Waals surface area (Å²) in [7, 11) is -3.68. The summed E-state index contributed by atoms with van der Waals surface area (Å²) in [5.74, 6) is -0.0664. The van der Waals surface area contributed by atoms with E-state index in [4.69, 9.17) is 0 Å². The number of amides is 1. The minimum absolute atomic E-state index is 0.0573. The van der Waals surface area contributed by atoms with Gasteiger partial charge in [-0.1, -0.05) is 39.5 Å². The van der Waals surface area contributed by atoms with E-state index in [9.17, 15) is 18.0 Å². The summed E-state index contributed by atoms with van der Waals surface area (Å²) >= 11 is 0. The molecule has 1 amide bonds. The Morgan fingerprint density at radius 3 is 2.00 bits per heavy atom. The summed E-state index contributed by atoms with van der Waals surface area (Å²) in [4.78, 5) is 27.7. The number of pyridine rings is 1. The van der Waals surface area contributed by atoms with E-state index < -0.39 is 10.0 Å². The predicted octanol–water partition coefficient (Wildman–Crippen LogP) is 2.59. The summed E-state index contributed by atoms with van der Waals surface area (Å²) in [6.45, 7) is 4.17. The van der Waals surface area contributed by atoms with Crippen LogP contribution in [0.3, 0.4) is 0 Å². The van der Waals surface area contributed by atoms with Crippen molar-refractivity contribution in [2.24, 2.45) is 0 Å². The summed E-state index contributed by atoms with van der Waals surface area (Å²) < 4.78 is 28.2. The fraction of sp³-hybridized carbons (Fsp3) is 0.714. The van der Waals surface area contributed by atoms with Gasteiger partial charge in [-0.3, -0.25) is 9.59 Å². The maximum Gasteiger partial charge on any atom is 0.251 e. The van der Waals surface area contributed by atoms with Crippen molar-refractivity contribution in [3.63, 3.8) is 0 Å². The van der Waals surface area contributed by atoms with Crippen molar-refractivity contribution in [2.45, 2.75) is 88.7 Å². The quantitative estimate of drug-likeness (QED) is 0.644. The van der Waals surface area contributed by atoms with Gasteiger partial charge in [0, 0.05) is 37.4 Å². The Balaban J connectivity index is 1.86. The first-order valence-electron chi connectivity index (χ1n) is 10.9. The van der Waals surface area contributed by atoms with Gasteiger partial charge in [-0.05, 0) is 31.7 Å². The molecule has 0 N–H and O–H groups in total. The van der Waals surface area contributed by atoms with Crippen molar-refractivity contribution in [3.05, 3.63) is 28.7 Å². The molecule has 0 atom stereocenters. The summed E-state index contributed by atoms with van der Waals surface area (Å²) in [6, 6.07) is 3.09. The standard InChI is InChI=1S/C21H33N3O4S/c1-3-23(4-2)29(27,28)19-13-14-20(25)22(15-19)16-21(26)24(17-9-5-6-10-17)18-11-7-8-12-18/h13-15,17-18H,3-12,16H2,1-2H3. The van der Waals surface area contributed by atoms with Crippen molar-refractivity contribution in [1.82, 2.24) is 13.8 Å². The van der Waals surface area contributed by atoms with Crippen LogP contribution in [-0.4, -0.2) is 53.3 Å². The van der Waals surface area contributed by atoms with Crippen molar-refractivity contribution < 1.29 is 13.2 Å². The molecule has 1 heterocycles. The molecule has 0 aromatic carbocycles. The zero-order chi connectivity index (χ0) is 21.0. The predicted molar refractivity (Wildman–Crippen MR) is 112 cm³/mol. The van der Waals surface area contributed by atoms with Crippen LogP contribution in [0.2, 0.25) is 0 Å². The van der Waals surface area contributed by atoms with E-state index in [1.165, 1.54) is 27.2 Å². The maximum absolute atomic E-state index is 13.3. The van der Waals surface area contributed by atoms with Gasteiger partial charge in [0.25, 0.3) is 5.56 Å². The van der Waals surface area contributed by atoms with Crippen molar-refractivity contribution in [3.8, 4) is 0 Å². The molecule has 0 saturated heterocycles. The molecular weight excluding hydrogens is 390 g/mol.